The van der Waals surface area contributed by atoms with Crippen LogP contribution in [0, 0.1) is 0 Å². The Kier molecular flexibility index (Phi) is 5.71. The molecule has 0 aromatic carbocycles. The van der Waals surface area contributed by atoms with E-state index in [1.54, 1.807) is 6.26 Å². The van der Waals surface area contributed by atoms with Crippen molar-refractivity contribution in [3.05, 3.63) is 0 Å². The van der Waals surface area contributed by atoms with Crippen molar-refractivity contribution < 1.29 is 4.21 Å². The number of rotatable bonds is 5. The summed E-state index contributed by atoms with van der Waals surface area (Å²) >= 11 is 0. The average molecular weight is 217 g/mol. The zero-order chi connectivity index (χ0) is 10.4. The van der Waals surface area contributed by atoms with E-state index in [1.165, 1.54) is 32.1 Å². The maximum atomic E-state index is 10.9. The van der Waals surface area contributed by atoms with Gasteiger partial charge in [0.1, 0.15) is 0 Å². The minimum atomic E-state index is -0.633. The standard InChI is InChI=1S/C11H23NOS/c1-10(8-9-14(2)13)12-11-6-4-3-5-7-11/h10-12H,3-9H2,1-2H3. The van der Waals surface area contributed by atoms with Crippen LogP contribution < -0.4 is 5.32 Å². The minimum Gasteiger partial charge on any atom is -0.311 e. The molecule has 2 unspecified atom stereocenters. The van der Waals surface area contributed by atoms with Gasteiger partial charge >= 0.3 is 0 Å². The first kappa shape index (κ1) is 12.2. The molecule has 0 radical (unpaired) electrons. The molecule has 1 rings (SSSR count). The third-order valence-corrected chi connectivity index (χ3v) is 3.77. The predicted molar refractivity (Wildman–Crippen MR) is 63.0 cm³/mol. The van der Waals surface area contributed by atoms with Crippen LogP contribution in [0.3, 0.4) is 0 Å². The number of hydrogen-bond donors (Lipinski definition) is 1. The second-order valence-corrected chi connectivity index (χ2v) is 6.02. The largest absolute Gasteiger partial charge is 0.311 e. The van der Waals surface area contributed by atoms with E-state index in [2.05, 4.69) is 12.2 Å². The topological polar surface area (TPSA) is 29.1 Å². The molecule has 84 valence electrons. The smallest absolute Gasteiger partial charge is 0.0246 e. The van der Waals surface area contributed by atoms with Gasteiger partial charge in [-0.3, -0.25) is 4.21 Å². The van der Waals surface area contributed by atoms with E-state index in [0.29, 0.717) is 6.04 Å². The summed E-state index contributed by atoms with van der Waals surface area (Å²) in [5, 5.41) is 3.64. The Balaban J connectivity index is 2.11. The van der Waals surface area contributed by atoms with Gasteiger partial charge in [0.2, 0.25) is 0 Å². The zero-order valence-electron chi connectivity index (χ0n) is 9.42. The summed E-state index contributed by atoms with van der Waals surface area (Å²) in [5.41, 5.74) is 0. The van der Waals surface area contributed by atoms with Gasteiger partial charge in [-0.2, -0.15) is 0 Å². The fourth-order valence-corrected chi connectivity index (χ4v) is 2.78. The molecule has 1 aliphatic carbocycles. The van der Waals surface area contributed by atoms with Crippen molar-refractivity contribution in [1.82, 2.24) is 5.32 Å². The summed E-state index contributed by atoms with van der Waals surface area (Å²) in [6.45, 7) is 2.21. The maximum absolute atomic E-state index is 10.9. The highest BCUT2D eigenvalue weighted by Gasteiger charge is 2.15. The summed E-state index contributed by atoms with van der Waals surface area (Å²) in [5.74, 6) is 0.834. The Hall–Kier alpha value is 0.110. The lowest BCUT2D eigenvalue weighted by molar-refractivity contribution is 0.341. The van der Waals surface area contributed by atoms with E-state index in [1.807, 2.05) is 0 Å². The highest BCUT2D eigenvalue weighted by atomic mass is 32.2. The van der Waals surface area contributed by atoms with Crippen LogP contribution in [0.5, 0.6) is 0 Å². The number of hydrogen-bond acceptors (Lipinski definition) is 2. The lowest BCUT2D eigenvalue weighted by Gasteiger charge is -2.26. The van der Waals surface area contributed by atoms with Gasteiger partial charge in [0.05, 0.1) is 0 Å². The van der Waals surface area contributed by atoms with Crippen molar-refractivity contribution in [2.75, 3.05) is 12.0 Å². The highest BCUT2D eigenvalue weighted by Crippen LogP contribution is 2.18. The van der Waals surface area contributed by atoms with Crippen LogP contribution in [0.4, 0.5) is 0 Å². The predicted octanol–water partition coefficient (Wildman–Crippen LogP) is 2.07. The van der Waals surface area contributed by atoms with Crippen LogP contribution in [-0.2, 0) is 10.8 Å². The molecule has 0 aromatic heterocycles. The van der Waals surface area contributed by atoms with Gasteiger partial charge in [-0.1, -0.05) is 19.3 Å². The van der Waals surface area contributed by atoms with Crippen LogP contribution in [0.15, 0.2) is 0 Å². The van der Waals surface area contributed by atoms with E-state index < -0.39 is 10.8 Å². The molecular formula is C11H23NOS. The van der Waals surface area contributed by atoms with Gasteiger partial charge < -0.3 is 5.32 Å². The van der Waals surface area contributed by atoms with Gasteiger partial charge in [0, 0.05) is 34.9 Å². The minimum absolute atomic E-state index is 0.530. The van der Waals surface area contributed by atoms with Crippen molar-refractivity contribution in [2.24, 2.45) is 0 Å². The van der Waals surface area contributed by atoms with Gasteiger partial charge in [0.15, 0.2) is 0 Å². The summed E-state index contributed by atoms with van der Waals surface area (Å²) in [4.78, 5) is 0. The van der Waals surface area contributed by atoms with Crippen LogP contribution in [0.25, 0.3) is 0 Å². The molecule has 0 aromatic rings. The molecule has 1 aliphatic rings. The molecule has 2 atom stereocenters. The second kappa shape index (κ2) is 6.57. The Morgan fingerprint density at radius 2 is 2.00 bits per heavy atom. The molecule has 0 spiro atoms. The van der Waals surface area contributed by atoms with Gasteiger partial charge in [0.25, 0.3) is 0 Å². The fourth-order valence-electron chi connectivity index (χ4n) is 2.10. The molecule has 0 saturated heterocycles. The molecular weight excluding hydrogens is 194 g/mol. The Morgan fingerprint density at radius 1 is 1.36 bits per heavy atom. The van der Waals surface area contributed by atoms with Crippen LogP contribution >= 0.6 is 0 Å². The molecule has 2 nitrogen and oxygen atoms in total. The fraction of sp³-hybridized carbons (Fsp3) is 1.00. The van der Waals surface area contributed by atoms with Crippen molar-refractivity contribution in [3.8, 4) is 0 Å². The first-order chi connectivity index (χ1) is 6.68. The Bertz CT molecular complexity index is 178. The van der Waals surface area contributed by atoms with Crippen molar-refractivity contribution in [2.45, 2.75) is 57.5 Å². The third kappa shape index (κ3) is 5.11. The van der Waals surface area contributed by atoms with Crippen molar-refractivity contribution in [1.29, 1.82) is 0 Å². The first-order valence-corrected chi connectivity index (χ1v) is 7.47. The van der Waals surface area contributed by atoms with Crippen molar-refractivity contribution >= 4 is 10.8 Å². The Labute approximate surface area is 90.3 Å². The molecule has 0 aliphatic heterocycles. The number of nitrogens with one attached hydrogen (secondary N) is 1. The van der Waals surface area contributed by atoms with E-state index in [9.17, 15) is 4.21 Å². The molecule has 3 heteroatoms. The maximum Gasteiger partial charge on any atom is 0.0246 e. The third-order valence-electron chi connectivity index (χ3n) is 2.96. The lowest BCUT2D eigenvalue weighted by atomic mass is 9.95. The quantitative estimate of drug-likeness (QED) is 0.764. The van der Waals surface area contributed by atoms with Crippen molar-refractivity contribution in [3.63, 3.8) is 0 Å². The average Bonchev–Trinajstić information content (AvgIpc) is 2.16. The summed E-state index contributed by atoms with van der Waals surface area (Å²) in [6, 6.07) is 1.26. The van der Waals surface area contributed by atoms with Gasteiger partial charge in [-0.05, 0) is 26.2 Å². The Morgan fingerprint density at radius 3 is 2.57 bits per heavy atom. The van der Waals surface area contributed by atoms with E-state index in [-0.39, 0.29) is 0 Å². The summed E-state index contributed by atoms with van der Waals surface area (Å²) in [7, 11) is -0.633. The van der Waals surface area contributed by atoms with E-state index in [0.717, 1.165) is 18.2 Å². The second-order valence-electron chi connectivity index (χ2n) is 4.47. The first-order valence-electron chi connectivity index (χ1n) is 5.74. The van der Waals surface area contributed by atoms with Crippen LogP contribution in [0.2, 0.25) is 0 Å². The SMILES string of the molecule is CC(CCS(C)=O)NC1CCCCC1. The summed E-state index contributed by atoms with van der Waals surface area (Å²) < 4.78 is 10.9. The molecule has 1 N–H and O–H groups in total. The molecule has 0 heterocycles. The van der Waals surface area contributed by atoms with E-state index in [4.69, 9.17) is 0 Å². The van der Waals surface area contributed by atoms with Crippen LogP contribution in [0.1, 0.15) is 45.4 Å². The van der Waals surface area contributed by atoms with Gasteiger partial charge in [-0.25, -0.2) is 0 Å². The normalized spacial score (nSPS) is 23.3. The monoisotopic (exact) mass is 217 g/mol. The molecule has 0 amide bonds. The van der Waals surface area contributed by atoms with E-state index >= 15 is 0 Å². The van der Waals surface area contributed by atoms with Gasteiger partial charge in [-0.15, -0.1) is 0 Å². The highest BCUT2D eigenvalue weighted by molar-refractivity contribution is 7.84. The lowest BCUT2D eigenvalue weighted by Crippen LogP contribution is -2.38. The molecule has 0 bridgehead atoms. The molecule has 14 heavy (non-hydrogen) atoms. The molecule has 1 fully saturated rings. The van der Waals surface area contributed by atoms with Crippen LogP contribution in [-0.4, -0.2) is 28.3 Å². The molecule has 1 saturated carbocycles. The zero-order valence-corrected chi connectivity index (χ0v) is 10.2. The summed E-state index contributed by atoms with van der Waals surface area (Å²) in [6.07, 6.45) is 9.66.